The minimum Gasteiger partial charge on any atom is -0.481 e. The third-order valence-corrected chi connectivity index (χ3v) is 3.13. The van der Waals surface area contributed by atoms with Crippen LogP contribution >= 0.6 is 0 Å². The van der Waals surface area contributed by atoms with Gasteiger partial charge in [0.25, 0.3) is 0 Å². The van der Waals surface area contributed by atoms with Gasteiger partial charge in [-0.1, -0.05) is 24.3 Å². The Kier molecular flexibility index (Phi) is 4.65. The Hall–Kier alpha value is -2.70. The highest BCUT2D eigenvalue weighted by Crippen LogP contribution is 2.10. The molecule has 0 aliphatic rings. The standard InChI is InChI=1S/C14H16N4O3/c1-10(18-9-15-8-17-18)14(21)16-7-12-5-3-2-4-11(12)6-13(19)20/h2-5,8-10H,6-7H2,1H3,(H,16,21)(H,19,20). The van der Waals surface area contributed by atoms with E-state index in [1.165, 1.54) is 17.3 Å². The Morgan fingerprint density at radius 3 is 2.67 bits per heavy atom. The first-order valence-electron chi connectivity index (χ1n) is 6.48. The van der Waals surface area contributed by atoms with Crippen LogP contribution in [0.4, 0.5) is 0 Å². The van der Waals surface area contributed by atoms with Crippen molar-refractivity contribution in [3.05, 3.63) is 48.0 Å². The number of aliphatic carboxylic acids is 1. The van der Waals surface area contributed by atoms with Gasteiger partial charge in [0.2, 0.25) is 5.91 Å². The van der Waals surface area contributed by atoms with Crippen LogP contribution in [0.1, 0.15) is 24.1 Å². The van der Waals surface area contributed by atoms with Gasteiger partial charge in [0.15, 0.2) is 0 Å². The number of carbonyl (C=O) groups is 2. The Bertz CT molecular complexity index is 625. The van der Waals surface area contributed by atoms with Crippen LogP contribution in [0.25, 0.3) is 0 Å². The molecule has 1 amide bonds. The molecule has 110 valence electrons. The molecule has 1 aromatic heterocycles. The van der Waals surface area contributed by atoms with E-state index in [-0.39, 0.29) is 18.9 Å². The predicted molar refractivity (Wildman–Crippen MR) is 74.4 cm³/mol. The maximum Gasteiger partial charge on any atom is 0.307 e. The molecule has 0 aliphatic carbocycles. The summed E-state index contributed by atoms with van der Waals surface area (Å²) in [6.45, 7) is 1.99. The number of nitrogens with zero attached hydrogens (tertiary/aromatic N) is 3. The number of carbonyl (C=O) groups excluding carboxylic acids is 1. The van der Waals surface area contributed by atoms with Gasteiger partial charge in [-0.05, 0) is 18.1 Å². The van der Waals surface area contributed by atoms with Crippen molar-refractivity contribution in [1.82, 2.24) is 20.1 Å². The van der Waals surface area contributed by atoms with E-state index in [9.17, 15) is 9.59 Å². The first-order chi connectivity index (χ1) is 10.1. The fraction of sp³-hybridized carbons (Fsp3) is 0.286. The summed E-state index contributed by atoms with van der Waals surface area (Å²) in [7, 11) is 0. The number of benzene rings is 1. The van der Waals surface area contributed by atoms with Gasteiger partial charge in [-0.2, -0.15) is 5.10 Å². The monoisotopic (exact) mass is 288 g/mol. The topological polar surface area (TPSA) is 97.1 Å². The highest BCUT2D eigenvalue weighted by molar-refractivity contribution is 5.79. The third kappa shape index (κ3) is 3.88. The van der Waals surface area contributed by atoms with E-state index in [1.807, 2.05) is 6.07 Å². The second-order valence-corrected chi connectivity index (χ2v) is 4.61. The highest BCUT2D eigenvalue weighted by Gasteiger charge is 2.15. The summed E-state index contributed by atoms with van der Waals surface area (Å²) < 4.78 is 1.46. The van der Waals surface area contributed by atoms with E-state index in [1.54, 1.807) is 25.1 Å². The molecule has 1 heterocycles. The Balaban J connectivity index is 2.00. The normalized spacial score (nSPS) is 11.9. The summed E-state index contributed by atoms with van der Waals surface area (Å²) in [5, 5.41) is 15.6. The van der Waals surface area contributed by atoms with Crippen molar-refractivity contribution in [2.45, 2.75) is 25.9 Å². The first kappa shape index (κ1) is 14.7. The molecule has 1 unspecified atom stereocenters. The second-order valence-electron chi connectivity index (χ2n) is 4.61. The summed E-state index contributed by atoms with van der Waals surface area (Å²) in [6.07, 6.45) is 2.78. The fourth-order valence-electron chi connectivity index (χ4n) is 1.93. The van der Waals surface area contributed by atoms with Crippen molar-refractivity contribution in [3.8, 4) is 0 Å². The quantitative estimate of drug-likeness (QED) is 0.818. The summed E-state index contributed by atoms with van der Waals surface area (Å²) in [5.74, 6) is -1.10. The highest BCUT2D eigenvalue weighted by atomic mass is 16.4. The lowest BCUT2D eigenvalue weighted by molar-refractivity contribution is -0.136. The average molecular weight is 288 g/mol. The van der Waals surface area contributed by atoms with Gasteiger partial charge in [-0.25, -0.2) is 9.67 Å². The van der Waals surface area contributed by atoms with Crippen LogP contribution in [0.5, 0.6) is 0 Å². The Morgan fingerprint density at radius 2 is 2.05 bits per heavy atom. The zero-order chi connectivity index (χ0) is 15.2. The molecular formula is C14H16N4O3. The lowest BCUT2D eigenvalue weighted by Gasteiger charge is -2.13. The Morgan fingerprint density at radius 1 is 1.33 bits per heavy atom. The number of aromatic nitrogens is 3. The SMILES string of the molecule is CC(C(=O)NCc1ccccc1CC(=O)O)n1cncn1. The van der Waals surface area contributed by atoms with Crippen LogP contribution in [0.3, 0.4) is 0 Å². The maximum absolute atomic E-state index is 12.0. The smallest absolute Gasteiger partial charge is 0.307 e. The minimum atomic E-state index is -0.898. The first-order valence-corrected chi connectivity index (χ1v) is 6.48. The number of carboxylic acids is 1. The number of amides is 1. The van der Waals surface area contributed by atoms with Crippen LogP contribution in [0.15, 0.2) is 36.9 Å². The summed E-state index contributed by atoms with van der Waals surface area (Å²) in [6, 6.07) is 6.67. The van der Waals surface area contributed by atoms with Crippen LogP contribution < -0.4 is 5.32 Å². The van der Waals surface area contributed by atoms with Crippen LogP contribution in [-0.2, 0) is 22.6 Å². The van der Waals surface area contributed by atoms with Crippen LogP contribution in [0, 0.1) is 0 Å². The molecule has 2 aromatic rings. The Labute approximate surface area is 121 Å². The van der Waals surface area contributed by atoms with Crippen molar-refractivity contribution in [1.29, 1.82) is 0 Å². The molecule has 0 fully saturated rings. The molecule has 0 aliphatic heterocycles. The van der Waals surface area contributed by atoms with E-state index in [2.05, 4.69) is 15.4 Å². The van der Waals surface area contributed by atoms with Crippen molar-refractivity contribution in [2.24, 2.45) is 0 Å². The van der Waals surface area contributed by atoms with Crippen LogP contribution in [-0.4, -0.2) is 31.7 Å². The molecule has 2 N–H and O–H groups in total. The van der Waals surface area contributed by atoms with E-state index < -0.39 is 12.0 Å². The van der Waals surface area contributed by atoms with Gasteiger partial charge < -0.3 is 10.4 Å². The van der Waals surface area contributed by atoms with Crippen molar-refractivity contribution >= 4 is 11.9 Å². The molecule has 0 bridgehead atoms. The van der Waals surface area contributed by atoms with E-state index in [4.69, 9.17) is 5.11 Å². The molecule has 7 nitrogen and oxygen atoms in total. The lowest BCUT2D eigenvalue weighted by Crippen LogP contribution is -2.31. The summed E-state index contributed by atoms with van der Waals surface area (Å²) in [5.41, 5.74) is 1.48. The molecule has 1 aromatic carbocycles. The van der Waals surface area contributed by atoms with E-state index >= 15 is 0 Å². The number of hydrogen-bond donors (Lipinski definition) is 2. The van der Waals surface area contributed by atoms with Crippen molar-refractivity contribution in [3.63, 3.8) is 0 Å². The molecule has 0 radical (unpaired) electrons. The molecular weight excluding hydrogens is 272 g/mol. The molecule has 21 heavy (non-hydrogen) atoms. The zero-order valence-corrected chi connectivity index (χ0v) is 11.6. The van der Waals surface area contributed by atoms with Gasteiger partial charge in [0.1, 0.15) is 18.7 Å². The van der Waals surface area contributed by atoms with E-state index in [0.717, 1.165) is 5.56 Å². The van der Waals surface area contributed by atoms with Crippen molar-refractivity contribution in [2.75, 3.05) is 0 Å². The largest absolute Gasteiger partial charge is 0.481 e. The fourth-order valence-corrected chi connectivity index (χ4v) is 1.93. The number of hydrogen-bond acceptors (Lipinski definition) is 4. The molecule has 0 saturated heterocycles. The van der Waals surface area contributed by atoms with E-state index in [0.29, 0.717) is 5.56 Å². The maximum atomic E-state index is 12.0. The van der Waals surface area contributed by atoms with Crippen LogP contribution in [0.2, 0.25) is 0 Å². The van der Waals surface area contributed by atoms with Gasteiger partial charge in [-0.15, -0.1) is 0 Å². The van der Waals surface area contributed by atoms with Gasteiger partial charge in [-0.3, -0.25) is 9.59 Å². The minimum absolute atomic E-state index is 0.0648. The molecule has 7 heteroatoms. The molecule has 1 atom stereocenters. The van der Waals surface area contributed by atoms with Gasteiger partial charge in [0, 0.05) is 6.54 Å². The second kappa shape index (κ2) is 6.65. The van der Waals surface area contributed by atoms with Gasteiger partial charge in [0.05, 0.1) is 6.42 Å². The third-order valence-electron chi connectivity index (χ3n) is 3.13. The van der Waals surface area contributed by atoms with Gasteiger partial charge >= 0.3 is 5.97 Å². The number of carboxylic acid groups (broad SMARTS) is 1. The lowest BCUT2D eigenvalue weighted by atomic mass is 10.0. The number of rotatable bonds is 6. The molecule has 0 spiro atoms. The molecule has 2 rings (SSSR count). The zero-order valence-electron chi connectivity index (χ0n) is 11.6. The summed E-state index contributed by atoms with van der Waals surface area (Å²) in [4.78, 5) is 26.6. The predicted octanol–water partition coefficient (Wildman–Crippen LogP) is 0.783. The number of nitrogens with one attached hydrogen (secondary N) is 1. The summed E-state index contributed by atoms with van der Waals surface area (Å²) >= 11 is 0. The average Bonchev–Trinajstić information content (AvgIpc) is 2.98. The van der Waals surface area contributed by atoms with Crippen molar-refractivity contribution < 1.29 is 14.7 Å². The molecule has 0 saturated carbocycles.